The maximum Gasteiger partial charge on any atom is 0.319 e. The number of nitrogens with one attached hydrogen (secondary N) is 3. The van der Waals surface area contributed by atoms with Crippen LogP contribution in [0.3, 0.4) is 0 Å². The number of hydrogen-bond acceptors (Lipinski definition) is 4. The van der Waals surface area contributed by atoms with Crippen LogP contribution in [0.25, 0.3) is 0 Å². The lowest BCUT2D eigenvalue weighted by molar-refractivity contribution is -0.129. The average molecular weight is 414 g/mol. The molecule has 8 heteroatoms. The summed E-state index contributed by atoms with van der Waals surface area (Å²) in [7, 11) is 0. The Morgan fingerprint density at radius 2 is 1.88 bits per heavy atom. The first-order valence-electron chi connectivity index (χ1n) is 7.91. The first-order chi connectivity index (χ1) is 11.7. The van der Waals surface area contributed by atoms with Gasteiger partial charge in [0.15, 0.2) is 0 Å². The molecule has 25 heavy (non-hydrogen) atoms. The Kier molecular flexibility index (Phi) is 8.05. The van der Waals surface area contributed by atoms with Crippen LogP contribution in [0.4, 0.5) is 10.5 Å². The molecule has 0 saturated carbocycles. The van der Waals surface area contributed by atoms with Gasteiger partial charge in [0.2, 0.25) is 5.91 Å². The number of aliphatic hydroxyl groups excluding tert-OH is 1. The number of rotatable bonds is 8. The van der Waals surface area contributed by atoms with Gasteiger partial charge in [0.25, 0.3) is 0 Å². The van der Waals surface area contributed by atoms with Gasteiger partial charge in [-0.15, -0.1) is 0 Å². The molecule has 7 nitrogen and oxygen atoms in total. The Labute approximate surface area is 155 Å². The number of hydrogen-bond donors (Lipinski definition) is 4. The van der Waals surface area contributed by atoms with Crippen molar-refractivity contribution in [2.24, 2.45) is 5.92 Å². The number of carbonyl (C=O) groups is 3. The number of aldehydes is 1. The monoisotopic (exact) mass is 413 g/mol. The molecule has 0 heterocycles. The Morgan fingerprint density at radius 3 is 2.36 bits per heavy atom. The smallest absolute Gasteiger partial charge is 0.319 e. The number of benzene rings is 1. The summed E-state index contributed by atoms with van der Waals surface area (Å²) in [5.41, 5.74) is -0.798. The van der Waals surface area contributed by atoms with Crippen molar-refractivity contribution < 1.29 is 19.5 Å². The standard InChI is InChI=1S/C17H24BrN3O4/c1-11(2)8-14(15(24)21-17(3,9-22)10-23)20-16(25)19-13-6-4-12(18)5-7-13/h4-7,9,11,14,23H,8,10H2,1-3H3,(H,21,24)(H2,19,20,25). The Bertz CT molecular complexity index is 606. The van der Waals surface area contributed by atoms with Crippen molar-refractivity contribution in [1.29, 1.82) is 0 Å². The van der Waals surface area contributed by atoms with Gasteiger partial charge in [0, 0.05) is 10.2 Å². The second-order valence-electron chi connectivity index (χ2n) is 6.47. The molecule has 1 aromatic rings. The summed E-state index contributed by atoms with van der Waals surface area (Å²) in [5, 5.41) is 17.0. The van der Waals surface area contributed by atoms with E-state index < -0.39 is 30.1 Å². The Hall–Kier alpha value is -1.93. The molecular formula is C17H24BrN3O4. The highest BCUT2D eigenvalue weighted by Crippen LogP contribution is 2.14. The van der Waals surface area contributed by atoms with E-state index in [4.69, 9.17) is 0 Å². The van der Waals surface area contributed by atoms with Crippen molar-refractivity contribution in [3.05, 3.63) is 28.7 Å². The summed E-state index contributed by atoms with van der Waals surface area (Å²) in [5.74, 6) is -0.386. The molecule has 2 atom stereocenters. The molecule has 0 bridgehead atoms. The van der Waals surface area contributed by atoms with E-state index in [2.05, 4.69) is 31.9 Å². The van der Waals surface area contributed by atoms with E-state index in [-0.39, 0.29) is 5.92 Å². The summed E-state index contributed by atoms with van der Waals surface area (Å²) in [6, 6.07) is 5.64. The van der Waals surface area contributed by atoms with Crippen molar-refractivity contribution in [3.8, 4) is 0 Å². The van der Waals surface area contributed by atoms with E-state index in [1.807, 2.05) is 13.8 Å². The topological polar surface area (TPSA) is 108 Å². The third-order valence-corrected chi connectivity index (χ3v) is 3.96. The minimum absolute atomic E-state index is 0.139. The first-order valence-corrected chi connectivity index (χ1v) is 8.70. The first kappa shape index (κ1) is 21.1. The van der Waals surface area contributed by atoms with Crippen LogP contribution in [0.15, 0.2) is 28.7 Å². The van der Waals surface area contributed by atoms with Crippen LogP contribution in [0.2, 0.25) is 0 Å². The van der Waals surface area contributed by atoms with Crippen LogP contribution in [-0.2, 0) is 9.59 Å². The van der Waals surface area contributed by atoms with E-state index in [0.717, 1.165) is 4.47 Å². The molecule has 2 unspecified atom stereocenters. The minimum atomic E-state index is -1.38. The Morgan fingerprint density at radius 1 is 1.28 bits per heavy atom. The zero-order valence-corrected chi connectivity index (χ0v) is 16.1. The summed E-state index contributed by atoms with van der Waals surface area (Å²) in [4.78, 5) is 35.6. The molecule has 0 aliphatic rings. The summed E-state index contributed by atoms with van der Waals surface area (Å²) < 4.78 is 0.882. The molecule has 0 fully saturated rings. The fraction of sp³-hybridized carbons (Fsp3) is 0.471. The van der Waals surface area contributed by atoms with E-state index in [1.54, 1.807) is 24.3 Å². The summed E-state index contributed by atoms with van der Waals surface area (Å²) in [6.07, 6.45) is 0.860. The van der Waals surface area contributed by atoms with E-state index in [9.17, 15) is 19.5 Å². The molecule has 0 spiro atoms. The highest BCUT2D eigenvalue weighted by molar-refractivity contribution is 9.10. The van der Waals surface area contributed by atoms with Gasteiger partial charge in [-0.3, -0.25) is 4.79 Å². The maximum absolute atomic E-state index is 12.4. The number of aliphatic hydroxyl groups is 1. The van der Waals surface area contributed by atoms with Gasteiger partial charge < -0.3 is 25.9 Å². The van der Waals surface area contributed by atoms with Gasteiger partial charge in [-0.05, 0) is 43.5 Å². The predicted octanol–water partition coefficient (Wildman–Crippen LogP) is 2.05. The molecule has 4 N–H and O–H groups in total. The third kappa shape index (κ3) is 7.23. The van der Waals surface area contributed by atoms with Gasteiger partial charge >= 0.3 is 6.03 Å². The lowest BCUT2D eigenvalue weighted by atomic mass is 10.0. The minimum Gasteiger partial charge on any atom is -0.393 e. The van der Waals surface area contributed by atoms with E-state index >= 15 is 0 Å². The molecule has 0 saturated heterocycles. The van der Waals surface area contributed by atoms with Crippen LogP contribution in [0.5, 0.6) is 0 Å². The second kappa shape index (κ2) is 9.53. The second-order valence-corrected chi connectivity index (χ2v) is 7.39. The normalized spacial score (nSPS) is 14.3. The highest BCUT2D eigenvalue weighted by Gasteiger charge is 2.30. The van der Waals surface area contributed by atoms with Crippen LogP contribution in [-0.4, -0.2) is 41.5 Å². The van der Waals surface area contributed by atoms with Crippen molar-refractivity contribution in [2.45, 2.75) is 38.8 Å². The van der Waals surface area contributed by atoms with Crippen LogP contribution < -0.4 is 16.0 Å². The van der Waals surface area contributed by atoms with Gasteiger partial charge in [0.1, 0.15) is 17.9 Å². The Balaban J connectivity index is 2.77. The van der Waals surface area contributed by atoms with Crippen LogP contribution >= 0.6 is 15.9 Å². The van der Waals surface area contributed by atoms with Crippen LogP contribution in [0, 0.1) is 5.92 Å². The van der Waals surface area contributed by atoms with Crippen molar-refractivity contribution in [3.63, 3.8) is 0 Å². The predicted molar refractivity (Wildman–Crippen MR) is 99.2 cm³/mol. The molecule has 0 aromatic heterocycles. The molecule has 0 aliphatic carbocycles. The van der Waals surface area contributed by atoms with E-state index in [1.165, 1.54) is 6.92 Å². The van der Waals surface area contributed by atoms with Gasteiger partial charge in [0.05, 0.1) is 6.61 Å². The molecule has 1 rings (SSSR count). The summed E-state index contributed by atoms with van der Waals surface area (Å²) >= 11 is 3.31. The average Bonchev–Trinajstić information content (AvgIpc) is 2.55. The zero-order chi connectivity index (χ0) is 19.0. The van der Waals surface area contributed by atoms with Gasteiger partial charge in [-0.2, -0.15) is 0 Å². The summed E-state index contributed by atoms with van der Waals surface area (Å²) in [6.45, 7) is 4.72. The van der Waals surface area contributed by atoms with E-state index in [0.29, 0.717) is 18.4 Å². The number of anilines is 1. The number of amides is 3. The fourth-order valence-electron chi connectivity index (χ4n) is 2.04. The number of carbonyl (C=O) groups excluding carboxylic acids is 3. The van der Waals surface area contributed by atoms with Crippen LogP contribution in [0.1, 0.15) is 27.2 Å². The highest BCUT2D eigenvalue weighted by atomic mass is 79.9. The number of urea groups is 1. The number of halogens is 1. The molecular weight excluding hydrogens is 390 g/mol. The lowest BCUT2D eigenvalue weighted by Crippen LogP contribution is -2.57. The molecule has 3 amide bonds. The molecule has 0 aliphatic heterocycles. The van der Waals surface area contributed by atoms with Crippen molar-refractivity contribution in [1.82, 2.24) is 10.6 Å². The van der Waals surface area contributed by atoms with Crippen molar-refractivity contribution >= 4 is 39.8 Å². The van der Waals surface area contributed by atoms with Gasteiger partial charge in [-0.25, -0.2) is 4.79 Å². The van der Waals surface area contributed by atoms with Gasteiger partial charge in [-0.1, -0.05) is 29.8 Å². The van der Waals surface area contributed by atoms with Crippen molar-refractivity contribution in [2.75, 3.05) is 11.9 Å². The lowest BCUT2D eigenvalue weighted by Gasteiger charge is -2.27. The quantitative estimate of drug-likeness (QED) is 0.489. The molecule has 1 aromatic carbocycles. The zero-order valence-electron chi connectivity index (χ0n) is 14.5. The third-order valence-electron chi connectivity index (χ3n) is 3.43. The largest absolute Gasteiger partial charge is 0.393 e. The molecule has 0 radical (unpaired) electrons. The molecule has 138 valence electrons. The fourth-order valence-corrected chi connectivity index (χ4v) is 2.30. The SMILES string of the molecule is CC(C)CC(NC(=O)Nc1ccc(Br)cc1)C(=O)NC(C)(C=O)CO. The maximum atomic E-state index is 12.4.